The van der Waals surface area contributed by atoms with E-state index in [1.807, 2.05) is 47.2 Å². The summed E-state index contributed by atoms with van der Waals surface area (Å²) < 4.78 is 2.05. The second-order valence-electron chi connectivity index (χ2n) is 5.50. The number of hydrogen-bond donors (Lipinski definition) is 3. The number of nitrogens with two attached hydrogens (primary N) is 2. The minimum atomic E-state index is -0.503. The summed E-state index contributed by atoms with van der Waals surface area (Å²) in [4.78, 5) is 15.5. The van der Waals surface area contributed by atoms with Crippen LogP contribution in [-0.4, -0.2) is 21.5 Å². The number of carbonyl (C=O) groups is 1. The number of guanidine groups is 1. The van der Waals surface area contributed by atoms with Gasteiger partial charge in [0.2, 0.25) is 0 Å². The van der Waals surface area contributed by atoms with Gasteiger partial charge in [0.25, 0.3) is 5.91 Å². The molecule has 6 heteroatoms. The average Bonchev–Trinajstić information content (AvgIpc) is 2.92. The third kappa shape index (κ3) is 3.13. The Bertz CT molecular complexity index is 909. The van der Waals surface area contributed by atoms with Gasteiger partial charge in [-0.25, -0.2) is 0 Å². The molecule has 0 spiro atoms. The number of benzene rings is 2. The van der Waals surface area contributed by atoms with E-state index in [1.54, 1.807) is 12.1 Å². The van der Waals surface area contributed by atoms with E-state index >= 15 is 0 Å². The van der Waals surface area contributed by atoms with Gasteiger partial charge in [0, 0.05) is 34.8 Å². The zero-order valence-electron chi connectivity index (χ0n) is 13.0. The molecule has 1 amide bonds. The van der Waals surface area contributed by atoms with Crippen molar-refractivity contribution in [3.05, 3.63) is 71.4 Å². The minimum Gasteiger partial charge on any atom is -0.392 e. The van der Waals surface area contributed by atoms with Crippen molar-refractivity contribution in [3.8, 4) is 0 Å². The topological polar surface area (TPSA) is 107 Å². The lowest BCUT2D eigenvalue weighted by molar-refractivity contribution is 0.100. The standard InChI is InChI=1S/C18H18N4O2/c19-18(20)21-17(24)13-6-7-16-15(8-13)14(11-23)10-22(16)9-12-4-2-1-3-5-12/h1-8,10,23H,9,11H2,(H4,19,20,21,24). The number of nitrogens with zero attached hydrogens (tertiary/aromatic N) is 2. The summed E-state index contributed by atoms with van der Waals surface area (Å²) in [6.45, 7) is 0.566. The Labute approximate surface area is 139 Å². The van der Waals surface area contributed by atoms with Crippen molar-refractivity contribution in [2.24, 2.45) is 16.5 Å². The molecule has 2 aromatic carbocycles. The molecule has 0 fully saturated rings. The average molecular weight is 322 g/mol. The molecule has 0 bridgehead atoms. The van der Waals surface area contributed by atoms with Crippen molar-refractivity contribution < 1.29 is 9.90 Å². The molecule has 1 heterocycles. The van der Waals surface area contributed by atoms with Gasteiger partial charge in [0.1, 0.15) is 0 Å². The first-order valence-corrected chi connectivity index (χ1v) is 7.49. The highest BCUT2D eigenvalue weighted by molar-refractivity contribution is 6.04. The predicted octanol–water partition coefficient (Wildman–Crippen LogP) is 1.60. The summed E-state index contributed by atoms with van der Waals surface area (Å²) in [6.07, 6.45) is 1.90. The van der Waals surface area contributed by atoms with Gasteiger partial charge in [-0.1, -0.05) is 30.3 Å². The van der Waals surface area contributed by atoms with Gasteiger partial charge in [-0.05, 0) is 23.8 Å². The first-order valence-electron chi connectivity index (χ1n) is 7.49. The molecular weight excluding hydrogens is 304 g/mol. The molecule has 5 N–H and O–H groups in total. The first-order chi connectivity index (χ1) is 11.6. The van der Waals surface area contributed by atoms with Crippen molar-refractivity contribution >= 4 is 22.8 Å². The van der Waals surface area contributed by atoms with E-state index in [0.717, 1.165) is 22.0 Å². The van der Waals surface area contributed by atoms with Crippen LogP contribution in [0.4, 0.5) is 0 Å². The van der Waals surface area contributed by atoms with Crippen LogP contribution in [0.5, 0.6) is 0 Å². The van der Waals surface area contributed by atoms with Crippen molar-refractivity contribution in [3.63, 3.8) is 0 Å². The van der Waals surface area contributed by atoms with Gasteiger partial charge in [-0.3, -0.25) is 4.79 Å². The molecule has 24 heavy (non-hydrogen) atoms. The molecule has 6 nitrogen and oxygen atoms in total. The highest BCUT2D eigenvalue weighted by atomic mass is 16.3. The monoisotopic (exact) mass is 322 g/mol. The Balaban J connectivity index is 2.04. The smallest absolute Gasteiger partial charge is 0.280 e. The largest absolute Gasteiger partial charge is 0.392 e. The normalized spacial score (nSPS) is 10.7. The van der Waals surface area contributed by atoms with E-state index in [4.69, 9.17) is 11.5 Å². The van der Waals surface area contributed by atoms with Crippen molar-refractivity contribution in [1.29, 1.82) is 0 Å². The van der Waals surface area contributed by atoms with E-state index in [9.17, 15) is 9.90 Å². The molecule has 122 valence electrons. The number of aliphatic imine (C=N–C) groups is 1. The van der Waals surface area contributed by atoms with E-state index in [1.165, 1.54) is 0 Å². The SMILES string of the molecule is NC(N)=NC(=O)c1ccc2c(c1)c(CO)cn2Cc1ccccc1. The Morgan fingerprint density at radius 2 is 1.88 bits per heavy atom. The maximum Gasteiger partial charge on any atom is 0.280 e. The van der Waals surface area contributed by atoms with Gasteiger partial charge in [-0.15, -0.1) is 0 Å². The second kappa shape index (κ2) is 6.55. The highest BCUT2D eigenvalue weighted by Gasteiger charge is 2.12. The van der Waals surface area contributed by atoms with Crippen LogP contribution < -0.4 is 11.5 Å². The summed E-state index contributed by atoms with van der Waals surface area (Å²) in [6, 6.07) is 15.3. The maximum atomic E-state index is 12.0. The summed E-state index contributed by atoms with van der Waals surface area (Å²) >= 11 is 0. The number of amides is 1. The summed E-state index contributed by atoms with van der Waals surface area (Å²) in [5, 5.41) is 10.4. The summed E-state index contributed by atoms with van der Waals surface area (Å²) in [7, 11) is 0. The molecule has 0 saturated heterocycles. The molecule has 0 unspecified atom stereocenters. The third-order valence-electron chi connectivity index (χ3n) is 3.81. The van der Waals surface area contributed by atoms with Gasteiger partial charge in [-0.2, -0.15) is 4.99 Å². The molecule has 0 atom stereocenters. The molecule has 0 aliphatic heterocycles. The minimum absolute atomic E-state index is 0.113. The zero-order chi connectivity index (χ0) is 17.1. The molecule has 0 saturated carbocycles. The van der Waals surface area contributed by atoms with Crippen LogP contribution in [0.1, 0.15) is 21.5 Å². The Morgan fingerprint density at radius 3 is 2.54 bits per heavy atom. The second-order valence-corrected chi connectivity index (χ2v) is 5.50. The van der Waals surface area contributed by atoms with Crippen LogP contribution in [-0.2, 0) is 13.2 Å². The van der Waals surface area contributed by atoms with Gasteiger partial charge in [0.15, 0.2) is 5.96 Å². The maximum absolute atomic E-state index is 12.0. The number of fused-ring (bicyclic) bond motifs is 1. The fraction of sp³-hybridized carbons (Fsp3) is 0.111. The first kappa shape index (κ1) is 15.8. The van der Waals surface area contributed by atoms with Crippen LogP contribution in [0, 0.1) is 0 Å². The fourth-order valence-corrected chi connectivity index (χ4v) is 2.72. The lowest BCUT2D eigenvalue weighted by Crippen LogP contribution is -2.24. The molecule has 0 aliphatic carbocycles. The lowest BCUT2D eigenvalue weighted by Gasteiger charge is -2.06. The Kier molecular flexibility index (Phi) is 4.31. The number of rotatable bonds is 4. The quantitative estimate of drug-likeness (QED) is 0.501. The number of aromatic nitrogens is 1. The van der Waals surface area contributed by atoms with Crippen molar-refractivity contribution in [2.75, 3.05) is 0 Å². The number of hydrogen-bond acceptors (Lipinski definition) is 2. The van der Waals surface area contributed by atoms with Gasteiger partial charge >= 0.3 is 0 Å². The van der Waals surface area contributed by atoms with Crippen LogP contribution in [0.2, 0.25) is 0 Å². The summed E-state index contributed by atoms with van der Waals surface area (Å²) in [5.41, 5.74) is 13.7. The molecule has 0 radical (unpaired) electrons. The number of aliphatic hydroxyl groups excluding tert-OH is 1. The van der Waals surface area contributed by atoms with Gasteiger partial charge < -0.3 is 21.1 Å². The van der Waals surface area contributed by atoms with Crippen molar-refractivity contribution in [2.45, 2.75) is 13.2 Å². The van der Waals surface area contributed by atoms with E-state index in [-0.39, 0.29) is 12.6 Å². The molecule has 1 aromatic heterocycles. The van der Waals surface area contributed by atoms with Crippen LogP contribution in [0.25, 0.3) is 10.9 Å². The van der Waals surface area contributed by atoms with Crippen molar-refractivity contribution in [1.82, 2.24) is 4.57 Å². The number of carbonyl (C=O) groups excluding carboxylic acids is 1. The molecular formula is C18H18N4O2. The Morgan fingerprint density at radius 1 is 1.12 bits per heavy atom. The predicted molar refractivity (Wildman–Crippen MR) is 93.5 cm³/mol. The van der Waals surface area contributed by atoms with Crippen LogP contribution in [0.3, 0.4) is 0 Å². The van der Waals surface area contributed by atoms with E-state index in [0.29, 0.717) is 12.1 Å². The highest BCUT2D eigenvalue weighted by Crippen LogP contribution is 2.24. The fourth-order valence-electron chi connectivity index (χ4n) is 2.72. The van der Waals surface area contributed by atoms with Gasteiger partial charge in [0.05, 0.1) is 6.61 Å². The van der Waals surface area contributed by atoms with E-state index in [2.05, 4.69) is 4.99 Å². The molecule has 0 aliphatic rings. The number of aliphatic hydroxyl groups is 1. The lowest BCUT2D eigenvalue weighted by atomic mass is 10.1. The van der Waals surface area contributed by atoms with Crippen LogP contribution >= 0.6 is 0 Å². The molecule has 3 aromatic rings. The third-order valence-corrected chi connectivity index (χ3v) is 3.81. The Hall–Kier alpha value is -3.12. The summed E-state index contributed by atoms with van der Waals surface area (Å²) in [5.74, 6) is -0.777. The van der Waals surface area contributed by atoms with Crippen LogP contribution in [0.15, 0.2) is 59.7 Å². The zero-order valence-corrected chi connectivity index (χ0v) is 13.0. The molecule has 3 rings (SSSR count). The van der Waals surface area contributed by atoms with E-state index < -0.39 is 5.91 Å².